The Morgan fingerprint density at radius 2 is 1.76 bits per heavy atom. The standard InChI is InChI=1S/C18H21N3O4/c1-23-15-6-8-16(9-7-15)24-10-3-11-25-17-5-2-4-14(12-17)13-20-21-18(19)22/h2,4-9,12-13H,3,10-11H2,1H3,(H3,19,21,22)/b20-13+. The third-order valence-corrected chi connectivity index (χ3v) is 3.13. The second-order valence-corrected chi connectivity index (χ2v) is 5.03. The third-order valence-electron chi connectivity index (χ3n) is 3.13. The van der Waals surface area contributed by atoms with E-state index in [4.69, 9.17) is 19.9 Å². The average Bonchev–Trinajstić information content (AvgIpc) is 2.62. The van der Waals surface area contributed by atoms with Gasteiger partial charge in [0.25, 0.3) is 0 Å². The fourth-order valence-electron chi connectivity index (χ4n) is 1.97. The molecule has 0 aromatic heterocycles. The number of urea groups is 1. The van der Waals surface area contributed by atoms with Gasteiger partial charge in [-0.2, -0.15) is 5.10 Å². The van der Waals surface area contributed by atoms with Crippen molar-refractivity contribution in [2.24, 2.45) is 10.8 Å². The third kappa shape index (κ3) is 6.82. The molecule has 7 heteroatoms. The minimum atomic E-state index is -0.708. The number of nitrogens with two attached hydrogens (primary N) is 1. The number of nitrogens with zero attached hydrogens (tertiary/aromatic N) is 1. The van der Waals surface area contributed by atoms with Crippen LogP contribution in [-0.4, -0.2) is 32.6 Å². The topological polar surface area (TPSA) is 95.2 Å². The van der Waals surface area contributed by atoms with Gasteiger partial charge in [-0.15, -0.1) is 0 Å². The second kappa shape index (κ2) is 9.82. The van der Waals surface area contributed by atoms with Crippen LogP contribution in [0, 0.1) is 0 Å². The van der Waals surface area contributed by atoms with Crippen molar-refractivity contribution < 1.29 is 19.0 Å². The molecule has 0 unspecified atom stereocenters. The molecule has 0 bridgehead atoms. The number of nitrogens with one attached hydrogen (secondary N) is 1. The zero-order valence-electron chi connectivity index (χ0n) is 14.0. The summed E-state index contributed by atoms with van der Waals surface area (Å²) in [4.78, 5) is 10.5. The summed E-state index contributed by atoms with van der Waals surface area (Å²) < 4.78 is 16.4. The molecule has 2 aromatic rings. The molecule has 7 nitrogen and oxygen atoms in total. The average molecular weight is 343 g/mol. The van der Waals surface area contributed by atoms with E-state index in [9.17, 15) is 4.79 Å². The number of hydrogen-bond donors (Lipinski definition) is 2. The van der Waals surface area contributed by atoms with Gasteiger partial charge in [-0.1, -0.05) is 12.1 Å². The van der Waals surface area contributed by atoms with Gasteiger partial charge >= 0.3 is 6.03 Å². The lowest BCUT2D eigenvalue weighted by atomic mass is 10.2. The predicted octanol–water partition coefficient (Wildman–Crippen LogP) is 2.55. The zero-order chi connectivity index (χ0) is 17.9. The van der Waals surface area contributed by atoms with Crippen molar-refractivity contribution >= 4 is 12.2 Å². The van der Waals surface area contributed by atoms with Crippen molar-refractivity contribution in [3.63, 3.8) is 0 Å². The van der Waals surface area contributed by atoms with Gasteiger partial charge in [0.15, 0.2) is 0 Å². The molecule has 25 heavy (non-hydrogen) atoms. The van der Waals surface area contributed by atoms with E-state index in [-0.39, 0.29) is 0 Å². The molecule has 0 aliphatic heterocycles. The Kier molecular flexibility index (Phi) is 7.12. The highest BCUT2D eigenvalue weighted by Gasteiger charge is 1.98. The molecular weight excluding hydrogens is 322 g/mol. The molecule has 0 spiro atoms. The smallest absolute Gasteiger partial charge is 0.332 e. The normalized spacial score (nSPS) is 10.4. The van der Waals surface area contributed by atoms with Crippen LogP contribution in [0.2, 0.25) is 0 Å². The van der Waals surface area contributed by atoms with Crippen molar-refractivity contribution in [3.05, 3.63) is 54.1 Å². The quantitative estimate of drug-likeness (QED) is 0.415. The first-order valence-corrected chi connectivity index (χ1v) is 7.75. The summed E-state index contributed by atoms with van der Waals surface area (Å²) in [7, 11) is 1.63. The van der Waals surface area contributed by atoms with E-state index in [1.165, 1.54) is 6.21 Å². The van der Waals surface area contributed by atoms with Crippen LogP contribution in [0.15, 0.2) is 53.6 Å². The summed E-state index contributed by atoms with van der Waals surface area (Å²) in [5.74, 6) is 2.30. The molecule has 0 saturated carbocycles. The van der Waals surface area contributed by atoms with Crippen molar-refractivity contribution in [2.75, 3.05) is 20.3 Å². The summed E-state index contributed by atoms with van der Waals surface area (Å²) >= 11 is 0. The Balaban J connectivity index is 1.70. The van der Waals surface area contributed by atoms with Gasteiger partial charge in [-0.05, 0) is 42.0 Å². The molecule has 2 aromatic carbocycles. The van der Waals surface area contributed by atoms with Gasteiger partial charge in [0.05, 0.1) is 26.5 Å². The maximum atomic E-state index is 10.5. The molecular formula is C18H21N3O4. The lowest BCUT2D eigenvalue weighted by Gasteiger charge is -2.09. The Bertz CT molecular complexity index is 702. The summed E-state index contributed by atoms with van der Waals surface area (Å²) in [6, 6.07) is 14.1. The summed E-state index contributed by atoms with van der Waals surface area (Å²) in [6.45, 7) is 1.08. The number of benzene rings is 2. The molecule has 132 valence electrons. The van der Waals surface area contributed by atoms with Crippen LogP contribution in [0.1, 0.15) is 12.0 Å². The van der Waals surface area contributed by atoms with Crippen LogP contribution in [0.3, 0.4) is 0 Å². The fourth-order valence-corrected chi connectivity index (χ4v) is 1.97. The lowest BCUT2D eigenvalue weighted by molar-refractivity contribution is 0.247. The summed E-state index contributed by atoms with van der Waals surface area (Å²) in [5, 5.41) is 3.70. The molecule has 0 saturated heterocycles. The lowest BCUT2D eigenvalue weighted by Crippen LogP contribution is -2.24. The Hall–Kier alpha value is -3.22. The van der Waals surface area contributed by atoms with Gasteiger partial charge in [-0.25, -0.2) is 10.2 Å². The first-order valence-electron chi connectivity index (χ1n) is 7.75. The molecule has 0 atom stereocenters. The number of rotatable bonds is 9. The molecule has 2 rings (SSSR count). The van der Waals surface area contributed by atoms with E-state index < -0.39 is 6.03 Å². The van der Waals surface area contributed by atoms with E-state index in [0.717, 1.165) is 23.5 Å². The number of hydrazone groups is 1. The summed E-state index contributed by atoms with van der Waals surface area (Å²) in [5.41, 5.74) is 7.86. The van der Waals surface area contributed by atoms with Crippen LogP contribution < -0.4 is 25.4 Å². The number of carbonyl (C=O) groups is 1. The predicted molar refractivity (Wildman–Crippen MR) is 95.4 cm³/mol. The molecule has 0 radical (unpaired) electrons. The van der Waals surface area contributed by atoms with Crippen LogP contribution in [0.4, 0.5) is 4.79 Å². The zero-order valence-corrected chi connectivity index (χ0v) is 14.0. The highest BCUT2D eigenvalue weighted by atomic mass is 16.5. The van der Waals surface area contributed by atoms with Crippen LogP contribution >= 0.6 is 0 Å². The van der Waals surface area contributed by atoms with Crippen LogP contribution in [-0.2, 0) is 0 Å². The van der Waals surface area contributed by atoms with E-state index >= 15 is 0 Å². The Morgan fingerprint density at radius 1 is 1.08 bits per heavy atom. The van der Waals surface area contributed by atoms with Crippen molar-refractivity contribution in [3.8, 4) is 17.2 Å². The van der Waals surface area contributed by atoms with Gasteiger partial charge in [0.1, 0.15) is 17.2 Å². The number of ether oxygens (including phenoxy) is 3. The number of hydrogen-bond acceptors (Lipinski definition) is 5. The number of primary amides is 1. The highest BCUT2D eigenvalue weighted by Crippen LogP contribution is 2.17. The highest BCUT2D eigenvalue weighted by molar-refractivity contribution is 5.81. The van der Waals surface area contributed by atoms with Gasteiger partial charge in [0, 0.05) is 6.42 Å². The molecule has 3 N–H and O–H groups in total. The van der Waals surface area contributed by atoms with Gasteiger partial charge in [0.2, 0.25) is 0 Å². The maximum Gasteiger partial charge on any atom is 0.332 e. The Labute approximate surface area is 146 Å². The number of methoxy groups -OCH3 is 1. The number of amides is 2. The molecule has 0 heterocycles. The second-order valence-electron chi connectivity index (χ2n) is 5.03. The van der Waals surface area contributed by atoms with Crippen molar-refractivity contribution in [1.29, 1.82) is 0 Å². The van der Waals surface area contributed by atoms with E-state index in [0.29, 0.717) is 19.0 Å². The van der Waals surface area contributed by atoms with Crippen LogP contribution in [0.25, 0.3) is 0 Å². The molecule has 2 amide bonds. The van der Waals surface area contributed by atoms with E-state index in [1.54, 1.807) is 7.11 Å². The molecule has 0 aliphatic rings. The fraction of sp³-hybridized carbons (Fsp3) is 0.222. The molecule has 0 aliphatic carbocycles. The minimum Gasteiger partial charge on any atom is -0.497 e. The van der Waals surface area contributed by atoms with E-state index in [2.05, 4.69) is 10.5 Å². The van der Waals surface area contributed by atoms with Gasteiger partial charge in [-0.3, -0.25) is 0 Å². The first kappa shape index (κ1) is 18.1. The van der Waals surface area contributed by atoms with E-state index in [1.807, 2.05) is 48.5 Å². The SMILES string of the molecule is COc1ccc(OCCCOc2cccc(/C=N/NC(N)=O)c2)cc1. The molecule has 0 fully saturated rings. The van der Waals surface area contributed by atoms with Gasteiger partial charge < -0.3 is 19.9 Å². The number of carbonyl (C=O) groups excluding carboxylic acids is 1. The maximum absolute atomic E-state index is 10.5. The largest absolute Gasteiger partial charge is 0.497 e. The minimum absolute atomic E-state index is 0.524. The van der Waals surface area contributed by atoms with Crippen molar-refractivity contribution in [2.45, 2.75) is 6.42 Å². The first-order chi connectivity index (χ1) is 12.2. The monoisotopic (exact) mass is 343 g/mol. The van der Waals surface area contributed by atoms with Crippen LogP contribution in [0.5, 0.6) is 17.2 Å². The van der Waals surface area contributed by atoms with Crippen molar-refractivity contribution in [1.82, 2.24) is 5.43 Å². The Morgan fingerprint density at radius 3 is 2.44 bits per heavy atom. The summed E-state index contributed by atoms with van der Waals surface area (Å²) in [6.07, 6.45) is 2.23.